The van der Waals surface area contributed by atoms with Crippen molar-refractivity contribution in [1.82, 2.24) is 0 Å². The molecule has 0 unspecified atom stereocenters. The molecule has 0 heterocycles. The van der Waals surface area contributed by atoms with Crippen LogP contribution in [-0.2, 0) is 11.2 Å². The van der Waals surface area contributed by atoms with E-state index in [9.17, 15) is 4.79 Å². The van der Waals surface area contributed by atoms with Crippen molar-refractivity contribution in [2.45, 2.75) is 13.3 Å². The number of anilines is 2. The highest BCUT2D eigenvalue weighted by atomic mass is 16.5. The van der Waals surface area contributed by atoms with Crippen molar-refractivity contribution in [2.24, 2.45) is 0 Å². The number of rotatable bonds is 7. The topological polar surface area (TPSA) is 50.4 Å². The van der Waals surface area contributed by atoms with Gasteiger partial charge in [0.2, 0.25) is 5.91 Å². The Morgan fingerprint density at radius 1 is 0.885 bits per heavy atom. The number of amides is 1. The molecule has 0 bridgehead atoms. The number of carbonyl (C=O) groups is 1. The molecule has 0 aliphatic carbocycles. The summed E-state index contributed by atoms with van der Waals surface area (Å²) < 4.78 is 5.89. The maximum atomic E-state index is 12.2. The van der Waals surface area contributed by atoms with Crippen LogP contribution in [0.5, 0.6) is 11.5 Å². The minimum atomic E-state index is -0.108. The molecule has 4 heteroatoms. The SMILES string of the molecule is CCc1ccc(NC(=O)CNc2ccccc2Oc2ccccc2)cc1. The van der Waals surface area contributed by atoms with Gasteiger partial charge < -0.3 is 15.4 Å². The van der Waals surface area contributed by atoms with Crippen molar-refractivity contribution in [3.8, 4) is 11.5 Å². The Bertz CT molecular complexity index is 846. The van der Waals surface area contributed by atoms with Crippen molar-refractivity contribution in [3.05, 3.63) is 84.4 Å². The zero-order chi connectivity index (χ0) is 18.2. The zero-order valence-corrected chi connectivity index (χ0v) is 14.7. The summed E-state index contributed by atoms with van der Waals surface area (Å²) in [6, 6.07) is 25.0. The van der Waals surface area contributed by atoms with Gasteiger partial charge >= 0.3 is 0 Å². The lowest BCUT2D eigenvalue weighted by Crippen LogP contribution is -2.21. The normalized spacial score (nSPS) is 10.2. The summed E-state index contributed by atoms with van der Waals surface area (Å²) in [5.74, 6) is 1.32. The van der Waals surface area contributed by atoms with Crippen LogP contribution < -0.4 is 15.4 Å². The van der Waals surface area contributed by atoms with Crippen LogP contribution in [0.4, 0.5) is 11.4 Å². The number of benzene rings is 3. The number of para-hydroxylation sites is 3. The molecule has 0 aliphatic rings. The van der Waals surface area contributed by atoms with Gasteiger partial charge in [-0.3, -0.25) is 4.79 Å². The van der Waals surface area contributed by atoms with Crippen LogP contribution in [0.2, 0.25) is 0 Å². The van der Waals surface area contributed by atoms with Gasteiger partial charge in [-0.25, -0.2) is 0 Å². The summed E-state index contributed by atoms with van der Waals surface area (Å²) in [4.78, 5) is 12.2. The van der Waals surface area contributed by atoms with Crippen molar-refractivity contribution in [3.63, 3.8) is 0 Å². The molecule has 2 N–H and O–H groups in total. The van der Waals surface area contributed by atoms with Gasteiger partial charge in [-0.1, -0.05) is 49.4 Å². The van der Waals surface area contributed by atoms with E-state index in [0.29, 0.717) is 5.75 Å². The van der Waals surface area contributed by atoms with E-state index in [0.717, 1.165) is 23.5 Å². The van der Waals surface area contributed by atoms with Gasteiger partial charge in [0, 0.05) is 5.69 Å². The standard InChI is InChI=1S/C22H22N2O2/c1-2-17-12-14-18(15-13-17)24-22(25)16-23-20-10-6-7-11-21(20)26-19-8-4-3-5-9-19/h3-15,23H,2,16H2,1H3,(H,24,25). The molecule has 0 radical (unpaired) electrons. The van der Waals surface area contributed by atoms with E-state index in [1.54, 1.807) is 0 Å². The number of hydrogen-bond donors (Lipinski definition) is 2. The molecule has 0 saturated heterocycles. The number of nitrogens with one attached hydrogen (secondary N) is 2. The summed E-state index contributed by atoms with van der Waals surface area (Å²) in [7, 11) is 0. The molecular formula is C22H22N2O2. The van der Waals surface area contributed by atoms with E-state index < -0.39 is 0 Å². The lowest BCUT2D eigenvalue weighted by molar-refractivity contribution is -0.114. The van der Waals surface area contributed by atoms with Crippen LogP contribution in [0.1, 0.15) is 12.5 Å². The third-order valence-corrected chi connectivity index (χ3v) is 3.94. The Morgan fingerprint density at radius 3 is 2.31 bits per heavy atom. The molecule has 0 aliphatic heterocycles. The highest BCUT2D eigenvalue weighted by Gasteiger charge is 2.07. The van der Waals surface area contributed by atoms with E-state index in [2.05, 4.69) is 17.6 Å². The molecule has 3 aromatic carbocycles. The maximum absolute atomic E-state index is 12.2. The smallest absolute Gasteiger partial charge is 0.243 e. The monoisotopic (exact) mass is 346 g/mol. The predicted molar refractivity (Wildman–Crippen MR) is 106 cm³/mol. The number of aryl methyl sites for hydroxylation is 1. The van der Waals surface area contributed by atoms with Gasteiger partial charge in [-0.15, -0.1) is 0 Å². The molecule has 0 fully saturated rings. The first kappa shape index (κ1) is 17.5. The summed E-state index contributed by atoms with van der Waals surface area (Å²) >= 11 is 0. The van der Waals surface area contributed by atoms with Gasteiger partial charge in [0.1, 0.15) is 5.75 Å². The lowest BCUT2D eigenvalue weighted by atomic mass is 10.1. The Balaban J connectivity index is 1.59. The molecule has 0 saturated carbocycles. The second-order valence-electron chi connectivity index (χ2n) is 5.86. The fourth-order valence-corrected chi connectivity index (χ4v) is 2.52. The minimum absolute atomic E-state index is 0.108. The first-order chi connectivity index (χ1) is 12.7. The van der Waals surface area contributed by atoms with Crippen LogP contribution in [-0.4, -0.2) is 12.5 Å². The average molecular weight is 346 g/mol. The summed E-state index contributed by atoms with van der Waals surface area (Å²) in [6.07, 6.45) is 0.980. The highest BCUT2D eigenvalue weighted by molar-refractivity contribution is 5.93. The number of carbonyl (C=O) groups excluding carboxylic acids is 1. The molecule has 0 atom stereocenters. The largest absolute Gasteiger partial charge is 0.455 e. The van der Waals surface area contributed by atoms with Crippen LogP contribution >= 0.6 is 0 Å². The minimum Gasteiger partial charge on any atom is -0.455 e. The molecule has 3 aromatic rings. The van der Waals surface area contributed by atoms with E-state index in [-0.39, 0.29) is 12.5 Å². The Kier molecular flexibility index (Phi) is 5.88. The van der Waals surface area contributed by atoms with E-state index in [1.165, 1.54) is 5.56 Å². The summed E-state index contributed by atoms with van der Waals surface area (Å²) in [5.41, 5.74) is 2.81. The van der Waals surface area contributed by atoms with E-state index in [4.69, 9.17) is 4.74 Å². The van der Waals surface area contributed by atoms with Gasteiger partial charge in [-0.05, 0) is 48.4 Å². The summed E-state index contributed by atoms with van der Waals surface area (Å²) in [6.45, 7) is 2.26. The maximum Gasteiger partial charge on any atom is 0.243 e. The second kappa shape index (κ2) is 8.72. The molecular weight excluding hydrogens is 324 g/mol. The zero-order valence-electron chi connectivity index (χ0n) is 14.7. The van der Waals surface area contributed by atoms with Crippen molar-refractivity contribution in [2.75, 3.05) is 17.2 Å². The third-order valence-electron chi connectivity index (χ3n) is 3.94. The van der Waals surface area contributed by atoms with Gasteiger partial charge in [0.05, 0.1) is 12.2 Å². The van der Waals surface area contributed by atoms with Crippen molar-refractivity contribution < 1.29 is 9.53 Å². The molecule has 3 rings (SSSR count). The second-order valence-corrected chi connectivity index (χ2v) is 5.86. The first-order valence-electron chi connectivity index (χ1n) is 8.69. The quantitative estimate of drug-likeness (QED) is 0.626. The molecule has 26 heavy (non-hydrogen) atoms. The predicted octanol–water partition coefficient (Wildman–Crippen LogP) is 5.09. The van der Waals surface area contributed by atoms with Crippen molar-refractivity contribution >= 4 is 17.3 Å². The molecule has 4 nitrogen and oxygen atoms in total. The fourth-order valence-electron chi connectivity index (χ4n) is 2.52. The van der Waals surface area contributed by atoms with Gasteiger partial charge in [0.15, 0.2) is 5.75 Å². The van der Waals surface area contributed by atoms with E-state index in [1.807, 2.05) is 78.9 Å². The van der Waals surface area contributed by atoms with Gasteiger partial charge in [0.25, 0.3) is 0 Å². The molecule has 0 spiro atoms. The fraction of sp³-hybridized carbons (Fsp3) is 0.136. The van der Waals surface area contributed by atoms with Crippen LogP contribution in [0.25, 0.3) is 0 Å². The molecule has 1 amide bonds. The number of hydrogen-bond acceptors (Lipinski definition) is 3. The van der Waals surface area contributed by atoms with Crippen molar-refractivity contribution in [1.29, 1.82) is 0 Å². The Hall–Kier alpha value is -3.27. The average Bonchev–Trinajstić information content (AvgIpc) is 2.69. The Labute approximate surface area is 153 Å². The van der Waals surface area contributed by atoms with Gasteiger partial charge in [-0.2, -0.15) is 0 Å². The highest BCUT2D eigenvalue weighted by Crippen LogP contribution is 2.28. The lowest BCUT2D eigenvalue weighted by Gasteiger charge is -2.13. The van der Waals surface area contributed by atoms with Crippen LogP contribution in [0.3, 0.4) is 0 Å². The molecule has 132 valence electrons. The number of ether oxygens (including phenoxy) is 1. The molecule has 0 aromatic heterocycles. The first-order valence-corrected chi connectivity index (χ1v) is 8.69. The van der Waals surface area contributed by atoms with Crippen LogP contribution in [0.15, 0.2) is 78.9 Å². The van der Waals surface area contributed by atoms with E-state index >= 15 is 0 Å². The van der Waals surface area contributed by atoms with Crippen LogP contribution in [0, 0.1) is 0 Å². The Morgan fingerprint density at radius 2 is 1.58 bits per heavy atom. The third kappa shape index (κ3) is 4.86. The summed E-state index contributed by atoms with van der Waals surface area (Å²) in [5, 5.41) is 6.03.